The number of thiol groups is 1. The van der Waals surface area contributed by atoms with Crippen LogP contribution in [0, 0.1) is 6.92 Å². The second kappa shape index (κ2) is 8.34. The molecule has 24 heavy (non-hydrogen) atoms. The zero-order chi connectivity index (χ0) is 17.9. The summed E-state index contributed by atoms with van der Waals surface area (Å²) in [5.74, 6) is 0.744. The number of aromatic nitrogens is 2. The van der Waals surface area contributed by atoms with E-state index in [0.29, 0.717) is 6.54 Å². The number of hydrogen-bond acceptors (Lipinski definition) is 6. The molecular formula is C17H23ClN4S2. The number of thiophene rings is 1. The second-order valence-corrected chi connectivity index (χ2v) is 7.82. The maximum Gasteiger partial charge on any atom is 0.224 e. The van der Waals surface area contributed by atoms with Crippen molar-refractivity contribution in [3.8, 4) is 0 Å². The largest absolute Gasteiger partial charge is 0.364 e. The fourth-order valence-electron chi connectivity index (χ4n) is 2.37. The molecule has 0 amide bonds. The molecule has 2 rings (SSSR count). The first-order valence-corrected chi connectivity index (χ1v) is 9.44. The van der Waals surface area contributed by atoms with Crippen LogP contribution in [-0.4, -0.2) is 22.6 Å². The van der Waals surface area contributed by atoms with Crippen LogP contribution in [0.1, 0.15) is 31.2 Å². The Kier molecular flexibility index (Phi) is 6.69. The lowest BCUT2D eigenvalue weighted by Gasteiger charge is -2.08. The van der Waals surface area contributed by atoms with Gasteiger partial charge in [-0.3, -0.25) is 0 Å². The minimum atomic E-state index is 0.104. The zero-order valence-electron chi connectivity index (χ0n) is 14.4. The van der Waals surface area contributed by atoms with Crippen molar-refractivity contribution in [3.63, 3.8) is 0 Å². The van der Waals surface area contributed by atoms with Gasteiger partial charge in [-0.25, -0.2) is 4.98 Å². The summed E-state index contributed by atoms with van der Waals surface area (Å²) in [4.78, 5) is 10.9. The van der Waals surface area contributed by atoms with Gasteiger partial charge >= 0.3 is 0 Å². The average Bonchev–Trinajstić information content (AvgIpc) is 2.81. The molecule has 2 aromatic heterocycles. The first kappa shape index (κ1) is 19.2. The topological polar surface area (TPSA) is 63.8 Å². The smallest absolute Gasteiger partial charge is 0.224 e. The monoisotopic (exact) mass is 382 g/mol. The Labute approximate surface area is 157 Å². The first-order chi connectivity index (χ1) is 11.3. The van der Waals surface area contributed by atoms with Crippen LogP contribution in [0.25, 0.3) is 10.2 Å². The molecule has 2 aromatic rings. The lowest BCUT2D eigenvalue weighted by Crippen LogP contribution is -2.17. The van der Waals surface area contributed by atoms with Crippen molar-refractivity contribution in [2.24, 2.45) is 5.73 Å². The number of anilines is 1. The van der Waals surface area contributed by atoms with Crippen molar-refractivity contribution in [2.45, 2.75) is 40.2 Å². The molecule has 0 saturated carbocycles. The molecule has 4 nitrogen and oxygen atoms in total. The molecule has 0 aromatic carbocycles. The van der Waals surface area contributed by atoms with Crippen LogP contribution in [0.15, 0.2) is 22.6 Å². The molecule has 0 fully saturated rings. The molecule has 0 spiro atoms. The van der Waals surface area contributed by atoms with Crippen molar-refractivity contribution in [3.05, 3.63) is 38.4 Å². The molecule has 0 radical (unpaired) electrons. The molecule has 0 aliphatic rings. The summed E-state index contributed by atoms with van der Waals surface area (Å²) < 4.78 is 1.01. The number of allylic oxidation sites excluding steroid dienone is 3. The second-order valence-electron chi connectivity index (χ2n) is 5.83. The van der Waals surface area contributed by atoms with E-state index in [1.807, 2.05) is 32.9 Å². The van der Waals surface area contributed by atoms with Crippen LogP contribution < -0.4 is 11.1 Å². The van der Waals surface area contributed by atoms with E-state index in [1.54, 1.807) is 11.3 Å². The fourth-order valence-corrected chi connectivity index (χ4v) is 4.04. The number of nitrogens with two attached hydrogens (primary N) is 1. The molecule has 2 heterocycles. The SMILES string of the molecule is C/C=C\C(C)=C(/S)CNc1nc(Cl)nc2c(C)c(C[C@H](C)N)sc12. The first-order valence-electron chi connectivity index (χ1n) is 7.79. The van der Waals surface area contributed by atoms with E-state index in [4.69, 9.17) is 17.3 Å². The van der Waals surface area contributed by atoms with Crippen LogP contribution in [0.4, 0.5) is 5.82 Å². The predicted octanol–water partition coefficient (Wildman–Crippen LogP) is 4.73. The highest BCUT2D eigenvalue weighted by Crippen LogP contribution is 2.35. The van der Waals surface area contributed by atoms with Crippen LogP contribution in [0.3, 0.4) is 0 Å². The third-order valence-electron chi connectivity index (χ3n) is 3.64. The highest BCUT2D eigenvalue weighted by atomic mass is 35.5. The number of fused-ring (bicyclic) bond motifs is 1. The Morgan fingerprint density at radius 3 is 2.79 bits per heavy atom. The molecule has 1 atom stereocenters. The van der Waals surface area contributed by atoms with E-state index in [2.05, 4.69) is 34.8 Å². The number of nitrogens with one attached hydrogen (secondary N) is 1. The fraction of sp³-hybridized carbons (Fsp3) is 0.412. The van der Waals surface area contributed by atoms with Crippen LogP contribution in [0.5, 0.6) is 0 Å². The van der Waals surface area contributed by atoms with Gasteiger partial charge in [0.05, 0.1) is 10.2 Å². The summed E-state index contributed by atoms with van der Waals surface area (Å²) in [6, 6.07) is 0.104. The number of nitrogens with zero attached hydrogens (tertiary/aromatic N) is 2. The summed E-state index contributed by atoms with van der Waals surface area (Å²) in [5, 5.41) is 3.58. The summed E-state index contributed by atoms with van der Waals surface area (Å²) in [6.45, 7) is 8.66. The zero-order valence-corrected chi connectivity index (χ0v) is 16.8. The summed E-state index contributed by atoms with van der Waals surface area (Å²) in [7, 11) is 0. The highest BCUT2D eigenvalue weighted by Gasteiger charge is 2.16. The number of aryl methyl sites for hydroxylation is 1. The molecular weight excluding hydrogens is 360 g/mol. The van der Waals surface area contributed by atoms with E-state index in [9.17, 15) is 0 Å². The van der Waals surface area contributed by atoms with Gasteiger partial charge in [0.25, 0.3) is 0 Å². The van der Waals surface area contributed by atoms with E-state index in [1.165, 1.54) is 4.88 Å². The van der Waals surface area contributed by atoms with Crippen molar-refractivity contribution < 1.29 is 0 Å². The summed E-state index contributed by atoms with van der Waals surface area (Å²) in [5.41, 5.74) is 9.09. The lowest BCUT2D eigenvalue weighted by atomic mass is 10.1. The minimum Gasteiger partial charge on any atom is -0.364 e. The van der Waals surface area contributed by atoms with Crippen LogP contribution in [-0.2, 0) is 6.42 Å². The lowest BCUT2D eigenvalue weighted by molar-refractivity contribution is 0.744. The maximum atomic E-state index is 6.11. The maximum absolute atomic E-state index is 6.11. The van der Waals surface area contributed by atoms with E-state index in [0.717, 1.165) is 38.5 Å². The van der Waals surface area contributed by atoms with Gasteiger partial charge in [0.15, 0.2) is 0 Å². The standard InChI is InChI=1S/C17H23ClN4S2/c1-5-6-9(2)12(23)8-20-16-15-14(21-17(18)22-16)11(4)13(24-15)7-10(3)19/h5-6,10,23H,7-8,19H2,1-4H3,(H,20,21,22)/b6-5-,12-9-/t10-/m0/s1. The summed E-state index contributed by atoms with van der Waals surface area (Å²) in [6.07, 6.45) is 4.85. The quantitative estimate of drug-likeness (QED) is 0.383. The van der Waals surface area contributed by atoms with Crippen LogP contribution in [0.2, 0.25) is 5.28 Å². The van der Waals surface area contributed by atoms with Gasteiger partial charge in [0.2, 0.25) is 5.28 Å². The highest BCUT2D eigenvalue weighted by molar-refractivity contribution is 7.84. The van der Waals surface area contributed by atoms with E-state index < -0.39 is 0 Å². The summed E-state index contributed by atoms with van der Waals surface area (Å²) >= 11 is 12.3. The van der Waals surface area contributed by atoms with Gasteiger partial charge in [-0.1, -0.05) is 12.2 Å². The average molecular weight is 383 g/mol. The van der Waals surface area contributed by atoms with Crippen LogP contribution >= 0.6 is 35.6 Å². The van der Waals surface area contributed by atoms with Gasteiger partial charge in [0, 0.05) is 22.4 Å². The van der Waals surface area contributed by atoms with Gasteiger partial charge in [-0.2, -0.15) is 4.98 Å². The number of hydrogen-bond donors (Lipinski definition) is 3. The van der Waals surface area contributed by atoms with Gasteiger partial charge in [0.1, 0.15) is 5.82 Å². The van der Waals surface area contributed by atoms with E-state index in [-0.39, 0.29) is 11.3 Å². The Morgan fingerprint density at radius 2 is 2.17 bits per heavy atom. The Balaban J connectivity index is 2.38. The molecule has 3 N–H and O–H groups in total. The third kappa shape index (κ3) is 4.51. The molecule has 0 aliphatic heterocycles. The van der Waals surface area contributed by atoms with Gasteiger partial charge in [-0.15, -0.1) is 24.0 Å². The normalized spacial score (nSPS) is 14.3. The predicted molar refractivity (Wildman–Crippen MR) is 110 cm³/mol. The van der Waals surface area contributed by atoms with Crippen molar-refractivity contribution >= 4 is 51.6 Å². The molecule has 0 saturated heterocycles. The molecule has 130 valence electrons. The Morgan fingerprint density at radius 1 is 1.46 bits per heavy atom. The van der Waals surface area contributed by atoms with Crippen molar-refractivity contribution in [1.82, 2.24) is 9.97 Å². The molecule has 7 heteroatoms. The molecule has 0 aliphatic carbocycles. The number of halogens is 1. The molecule has 0 bridgehead atoms. The Bertz CT molecular complexity index is 793. The minimum absolute atomic E-state index is 0.104. The third-order valence-corrected chi connectivity index (χ3v) is 5.63. The Hall–Kier alpha value is -1.08. The van der Waals surface area contributed by atoms with Gasteiger partial charge in [-0.05, 0) is 56.9 Å². The van der Waals surface area contributed by atoms with Crippen molar-refractivity contribution in [2.75, 3.05) is 11.9 Å². The van der Waals surface area contributed by atoms with E-state index >= 15 is 0 Å². The van der Waals surface area contributed by atoms with Gasteiger partial charge < -0.3 is 11.1 Å². The molecule has 0 unspecified atom stereocenters. The number of rotatable bonds is 6. The van der Waals surface area contributed by atoms with Crippen molar-refractivity contribution in [1.29, 1.82) is 0 Å².